The molecule has 0 saturated carbocycles. The van der Waals surface area contributed by atoms with Gasteiger partial charge in [-0.05, 0) is 32.9 Å². The van der Waals surface area contributed by atoms with Crippen LogP contribution in [-0.2, 0) is 0 Å². The van der Waals surface area contributed by atoms with Gasteiger partial charge in [-0.1, -0.05) is 0 Å². The van der Waals surface area contributed by atoms with Gasteiger partial charge >= 0.3 is 0 Å². The lowest BCUT2D eigenvalue weighted by molar-refractivity contribution is -0.383. The molecule has 0 radical (unpaired) electrons. The van der Waals surface area contributed by atoms with Gasteiger partial charge in [0, 0.05) is 41.1 Å². The van der Waals surface area contributed by atoms with Crippen LogP contribution in [0.4, 0.5) is 11.4 Å². The van der Waals surface area contributed by atoms with Gasteiger partial charge in [0.25, 0.3) is 5.69 Å². The largest absolute Gasteiger partial charge is 0.378 e. The van der Waals surface area contributed by atoms with Crippen molar-refractivity contribution in [3.8, 4) is 0 Å². The molecule has 0 atom stereocenters. The van der Waals surface area contributed by atoms with Crippen molar-refractivity contribution in [2.45, 2.75) is 26.3 Å². The molecule has 0 spiro atoms. The summed E-state index contributed by atoms with van der Waals surface area (Å²) in [4.78, 5) is 14.8. The van der Waals surface area contributed by atoms with Crippen LogP contribution in [0.5, 0.6) is 0 Å². The van der Waals surface area contributed by atoms with Crippen LogP contribution in [0.3, 0.4) is 0 Å². The summed E-state index contributed by atoms with van der Waals surface area (Å²) in [5.74, 6) is 0. The summed E-state index contributed by atoms with van der Waals surface area (Å²) >= 11 is 0. The number of benzene rings is 1. The van der Waals surface area contributed by atoms with Gasteiger partial charge in [0.1, 0.15) is 0 Å². The van der Waals surface area contributed by atoms with Gasteiger partial charge in [-0.2, -0.15) is 0 Å². The van der Waals surface area contributed by atoms with Crippen molar-refractivity contribution < 1.29 is 4.92 Å². The van der Waals surface area contributed by atoms with Gasteiger partial charge in [0.15, 0.2) is 0 Å². The Morgan fingerprint density at radius 2 is 2.10 bits per heavy atom. The third-order valence-corrected chi connectivity index (χ3v) is 3.19. The van der Waals surface area contributed by atoms with Gasteiger partial charge in [-0.25, -0.2) is 0 Å². The number of fused-ring (bicyclic) bond motifs is 1. The van der Waals surface area contributed by atoms with Gasteiger partial charge in [-0.15, -0.1) is 0 Å². The van der Waals surface area contributed by atoms with Crippen LogP contribution in [0.15, 0.2) is 24.4 Å². The number of anilines is 1. The zero-order chi connectivity index (χ0) is 14.9. The molecule has 0 unspecified atom stereocenters. The smallest absolute Gasteiger partial charge is 0.278 e. The van der Waals surface area contributed by atoms with Crippen LogP contribution in [0.25, 0.3) is 10.8 Å². The number of aryl methyl sites for hydroxylation is 1. The number of nitrogens with two attached hydrogens (primary N) is 1. The van der Waals surface area contributed by atoms with Crippen LogP contribution in [-0.4, -0.2) is 22.0 Å². The number of aromatic nitrogens is 1. The van der Waals surface area contributed by atoms with Crippen LogP contribution in [0, 0.1) is 17.0 Å². The van der Waals surface area contributed by atoms with Crippen molar-refractivity contribution in [3.63, 3.8) is 0 Å². The van der Waals surface area contributed by atoms with Crippen molar-refractivity contribution in [1.82, 2.24) is 4.98 Å². The highest BCUT2D eigenvalue weighted by atomic mass is 16.6. The summed E-state index contributed by atoms with van der Waals surface area (Å²) in [6, 6.07) is 5.06. The fourth-order valence-electron chi connectivity index (χ4n) is 2.01. The lowest BCUT2D eigenvalue weighted by atomic mass is 10.0. The topological polar surface area (TPSA) is 94.1 Å². The van der Waals surface area contributed by atoms with Crippen molar-refractivity contribution >= 4 is 22.1 Å². The van der Waals surface area contributed by atoms with Crippen LogP contribution >= 0.6 is 0 Å². The third kappa shape index (κ3) is 2.70. The van der Waals surface area contributed by atoms with E-state index in [1.54, 1.807) is 12.3 Å². The number of hydrogen-bond donors (Lipinski definition) is 2. The Kier molecular flexibility index (Phi) is 3.59. The van der Waals surface area contributed by atoms with Crippen molar-refractivity contribution in [2.75, 3.05) is 11.9 Å². The van der Waals surface area contributed by atoms with E-state index < -0.39 is 4.92 Å². The molecule has 106 valence electrons. The maximum atomic E-state index is 11.1. The Balaban J connectivity index is 2.65. The Bertz CT molecular complexity index is 668. The monoisotopic (exact) mass is 274 g/mol. The normalized spacial score (nSPS) is 11.6. The maximum Gasteiger partial charge on any atom is 0.278 e. The average molecular weight is 274 g/mol. The molecule has 6 heteroatoms. The summed E-state index contributed by atoms with van der Waals surface area (Å²) in [5, 5.41) is 15.7. The molecule has 1 heterocycles. The quantitative estimate of drug-likeness (QED) is 0.660. The summed E-state index contributed by atoms with van der Waals surface area (Å²) in [7, 11) is 0. The van der Waals surface area contributed by atoms with Crippen LogP contribution < -0.4 is 11.1 Å². The lowest BCUT2D eigenvalue weighted by Gasteiger charge is -2.26. The third-order valence-electron chi connectivity index (χ3n) is 3.19. The van der Waals surface area contributed by atoms with Gasteiger partial charge < -0.3 is 11.1 Å². The summed E-state index contributed by atoms with van der Waals surface area (Å²) in [6.07, 6.45) is 1.55. The van der Waals surface area contributed by atoms with E-state index in [4.69, 9.17) is 5.73 Å². The molecule has 0 aliphatic carbocycles. The highest BCUT2D eigenvalue weighted by molar-refractivity contribution is 5.99. The molecule has 0 saturated heterocycles. The lowest BCUT2D eigenvalue weighted by Crippen LogP contribution is -2.39. The molecule has 3 N–H and O–H groups in total. The second kappa shape index (κ2) is 5.05. The minimum absolute atomic E-state index is 0.0589. The number of hydrogen-bond acceptors (Lipinski definition) is 5. The van der Waals surface area contributed by atoms with Gasteiger partial charge in [-0.3, -0.25) is 15.1 Å². The molecule has 0 amide bonds. The first-order valence-electron chi connectivity index (χ1n) is 6.36. The molecular weight excluding hydrogens is 256 g/mol. The van der Waals surface area contributed by atoms with Crippen molar-refractivity contribution in [3.05, 3.63) is 40.2 Å². The maximum absolute atomic E-state index is 11.1. The van der Waals surface area contributed by atoms with Crippen molar-refractivity contribution in [2.24, 2.45) is 5.73 Å². The highest BCUT2D eigenvalue weighted by Gasteiger charge is 2.19. The number of nitro groups is 1. The van der Waals surface area contributed by atoms with Gasteiger partial charge in [0.05, 0.1) is 10.3 Å². The number of nitro benzene ring substituents is 1. The molecule has 20 heavy (non-hydrogen) atoms. The molecule has 0 fully saturated rings. The number of pyridine rings is 1. The fourth-order valence-corrected chi connectivity index (χ4v) is 2.01. The number of nitrogens with one attached hydrogen (secondary N) is 1. The predicted octanol–water partition coefficient (Wildman–Crippen LogP) is 2.60. The van der Waals surface area contributed by atoms with Gasteiger partial charge in [0.2, 0.25) is 0 Å². The molecule has 1 aromatic carbocycles. The summed E-state index contributed by atoms with van der Waals surface area (Å²) < 4.78 is 0. The average Bonchev–Trinajstić information content (AvgIpc) is 2.38. The predicted molar refractivity (Wildman–Crippen MR) is 79.9 cm³/mol. The molecule has 1 aromatic heterocycles. The SMILES string of the molecule is Cc1cc2c(NC(C)(C)CN)ccc([N+](=O)[O-])c2cn1. The van der Waals surface area contributed by atoms with Crippen LogP contribution in [0.2, 0.25) is 0 Å². The molecule has 6 nitrogen and oxygen atoms in total. The number of rotatable bonds is 4. The minimum atomic E-state index is -0.392. The Morgan fingerprint density at radius 3 is 2.70 bits per heavy atom. The van der Waals surface area contributed by atoms with Crippen molar-refractivity contribution in [1.29, 1.82) is 0 Å². The van der Waals surface area contributed by atoms with Crippen LogP contribution in [0.1, 0.15) is 19.5 Å². The summed E-state index contributed by atoms with van der Waals surface area (Å²) in [5.41, 5.74) is 7.13. The second-order valence-corrected chi connectivity index (χ2v) is 5.47. The molecular formula is C14H18N4O2. The molecule has 0 aliphatic rings. The molecule has 0 bridgehead atoms. The molecule has 2 rings (SSSR count). The van der Waals surface area contributed by atoms with E-state index in [2.05, 4.69) is 10.3 Å². The highest BCUT2D eigenvalue weighted by Crippen LogP contribution is 2.32. The molecule has 2 aromatic rings. The van der Waals surface area contributed by atoms with E-state index in [0.717, 1.165) is 16.8 Å². The minimum Gasteiger partial charge on any atom is -0.378 e. The summed E-state index contributed by atoms with van der Waals surface area (Å²) in [6.45, 7) is 6.27. The molecule has 0 aliphatic heterocycles. The first kappa shape index (κ1) is 14.2. The van der Waals surface area contributed by atoms with E-state index in [9.17, 15) is 10.1 Å². The standard InChI is InChI=1S/C14H18N4O2/c1-9-6-10-11(7-16-9)13(18(19)20)5-4-12(10)17-14(2,3)8-15/h4-7,17H,8,15H2,1-3H3. The van der Waals surface area contributed by atoms with E-state index in [0.29, 0.717) is 11.9 Å². The fraction of sp³-hybridized carbons (Fsp3) is 0.357. The van der Waals surface area contributed by atoms with E-state index >= 15 is 0 Å². The van der Waals surface area contributed by atoms with E-state index in [1.807, 2.05) is 26.8 Å². The Hall–Kier alpha value is -2.21. The Morgan fingerprint density at radius 1 is 1.40 bits per heavy atom. The second-order valence-electron chi connectivity index (χ2n) is 5.47. The first-order valence-corrected chi connectivity index (χ1v) is 6.36. The first-order chi connectivity index (χ1) is 9.34. The number of nitrogens with zero attached hydrogens (tertiary/aromatic N) is 2. The number of non-ortho nitro benzene ring substituents is 1. The van der Waals surface area contributed by atoms with E-state index in [1.165, 1.54) is 6.07 Å². The Labute approximate surface area is 117 Å². The zero-order valence-corrected chi connectivity index (χ0v) is 11.8. The van der Waals surface area contributed by atoms with E-state index in [-0.39, 0.29) is 11.2 Å². The zero-order valence-electron chi connectivity index (χ0n) is 11.8.